The van der Waals surface area contributed by atoms with Crippen LogP contribution in [0.5, 0.6) is 0 Å². The van der Waals surface area contributed by atoms with E-state index in [2.05, 4.69) is 12.2 Å². The molecule has 0 rings (SSSR count). The van der Waals surface area contributed by atoms with Crippen LogP contribution >= 0.6 is 0 Å². The lowest BCUT2D eigenvalue weighted by molar-refractivity contribution is 0.215. The van der Waals surface area contributed by atoms with E-state index >= 15 is 0 Å². The van der Waals surface area contributed by atoms with Gasteiger partial charge in [0, 0.05) is 0 Å². The Hall–Kier alpha value is -0.810. The average molecular weight is 181 g/mol. The first-order valence-corrected chi connectivity index (χ1v) is 5.00. The number of rotatable bonds is 7. The van der Waals surface area contributed by atoms with Crippen LogP contribution in [-0.4, -0.2) is 11.2 Å². The molecule has 0 aliphatic carbocycles. The molecule has 1 unspecified atom stereocenters. The summed E-state index contributed by atoms with van der Waals surface area (Å²) in [7, 11) is 0. The van der Waals surface area contributed by atoms with Crippen molar-refractivity contribution in [2.24, 2.45) is 0 Å². The van der Waals surface area contributed by atoms with Gasteiger partial charge in [0.25, 0.3) is 0 Å². The van der Waals surface area contributed by atoms with Crippen molar-refractivity contribution in [3.8, 4) is 6.07 Å². The summed E-state index contributed by atoms with van der Waals surface area (Å²) in [5.41, 5.74) is 0. The molecule has 1 atom stereocenters. The van der Waals surface area contributed by atoms with E-state index < -0.39 is 6.10 Å². The van der Waals surface area contributed by atoms with Crippen LogP contribution in [0.15, 0.2) is 12.2 Å². The summed E-state index contributed by atoms with van der Waals surface area (Å²) in [4.78, 5) is 0. The lowest BCUT2D eigenvalue weighted by Crippen LogP contribution is -2.01. The first-order valence-electron chi connectivity index (χ1n) is 5.00. The molecule has 0 amide bonds. The van der Waals surface area contributed by atoms with Gasteiger partial charge in [-0.25, -0.2) is 0 Å². The molecule has 0 bridgehead atoms. The van der Waals surface area contributed by atoms with E-state index in [9.17, 15) is 0 Å². The summed E-state index contributed by atoms with van der Waals surface area (Å²) < 4.78 is 0. The smallest absolute Gasteiger partial charge is 0.140 e. The Kier molecular flexibility index (Phi) is 8.70. The van der Waals surface area contributed by atoms with Gasteiger partial charge in [0.2, 0.25) is 0 Å². The zero-order valence-corrected chi connectivity index (χ0v) is 8.37. The maximum absolute atomic E-state index is 8.93. The van der Waals surface area contributed by atoms with Crippen LogP contribution in [0.1, 0.15) is 45.4 Å². The van der Waals surface area contributed by atoms with E-state index in [-0.39, 0.29) is 0 Å². The minimum Gasteiger partial charge on any atom is -0.378 e. The highest BCUT2D eigenvalue weighted by molar-refractivity contribution is 4.81. The zero-order chi connectivity index (χ0) is 9.94. The standard InChI is InChI=1S/C11H19NO/c1-2-3-4-5-6-7-8-9-11(13)10-12/h2-3,11,13H,4-9H2,1H3/b3-2+. The Balaban J connectivity index is 3.05. The van der Waals surface area contributed by atoms with Crippen LogP contribution in [0.4, 0.5) is 0 Å². The first kappa shape index (κ1) is 12.2. The second-order valence-corrected chi connectivity index (χ2v) is 3.21. The number of nitrogens with zero attached hydrogens (tertiary/aromatic N) is 1. The van der Waals surface area contributed by atoms with Gasteiger partial charge in [-0.3, -0.25) is 0 Å². The summed E-state index contributed by atoms with van der Waals surface area (Å²) in [6.07, 6.45) is 9.76. The molecule has 0 saturated carbocycles. The van der Waals surface area contributed by atoms with Crippen molar-refractivity contribution in [1.29, 1.82) is 5.26 Å². The van der Waals surface area contributed by atoms with Gasteiger partial charge in [0.1, 0.15) is 6.10 Å². The molecule has 0 aliphatic rings. The van der Waals surface area contributed by atoms with Crippen molar-refractivity contribution in [3.05, 3.63) is 12.2 Å². The molecule has 0 fully saturated rings. The second kappa shape index (κ2) is 9.28. The molecule has 0 radical (unpaired) electrons. The molecule has 0 heterocycles. The third kappa shape index (κ3) is 9.10. The number of aliphatic hydroxyl groups excluding tert-OH is 1. The molecule has 0 aromatic carbocycles. The molecule has 74 valence electrons. The Bertz CT molecular complexity index is 169. The SMILES string of the molecule is C/C=C/CCCCCCC(O)C#N. The van der Waals surface area contributed by atoms with Gasteiger partial charge in [-0.15, -0.1) is 0 Å². The molecule has 2 heteroatoms. The van der Waals surface area contributed by atoms with Gasteiger partial charge in [0.05, 0.1) is 6.07 Å². The molecular formula is C11H19NO. The Morgan fingerprint density at radius 2 is 2.00 bits per heavy atom. The van der Waals surface area contributed by atoms with Crippen molar-refractivity contribution >= 4 is 0 Å². The number of allylic oxidation sites excluding steroid dienone is 2. The highest BCUT2D eigenvalue weighted by Crippen LogP contribution is 2.07. The monoisotopic (exact) mass is 181 g/mol. The molecular weight excluding hydrogens is 162 g/mol. The predicted molar refractivity (Wildman–Crippen MR) is 54.1 cm³/mol. The molecule has 0 aromatic heterocycles. The van der Waals surface area contributed by atoms with Gasteiger partial charge >= 0.3 is 0 Å². The van der Waals surface area contributed by atoms with Gasteiger partial charge in [0.15, 0.2) is 0 Å². The summed E-state index contributed by atoms with van der Waals surface area (Å²) in [6.45, 7) is 2.03. The van der Waals surface area contributed by atoms with E-state index in [0.29, 0.717) is 6.42 Å². The summed E-state index contributed by atoms with van der Waals surface area (Å²) in [6, 6.07) is 1.82. The summed E-state index contributed by atoms with van der Waals surface area (Å²) in [5, 5.41) is 17.2. The topological polar surface area (TPSA) is 44.0 Å². The molecule has 0 aliphatic heterocycles. The Morgan fingerprint density at radius 1 is 1.31 bits per heavy atom. The van der Waals surface area contributed by atoms with Crippen molar-refractivity contribution in [2.45, 2.75) is 51.6 Å². The lowest BCUT2D eigenvalue weighted by atomic mass is 10.1. The van der Waals surface area contributed by atoms with Crippen molar-refractivity contribution in [2.75, 3.05) is 0 Å². The quantitative estimate of drug-likeness (QED) is 0.373. The lowest BCUT2D eigenvalue weighted by Gasteiger charge is -2.00. The largest absolute Gasteiger partial charge is 0.378 e. The third-order valence-electron chi connectivity index (χ3n) is 1.98. The van der Waals surface area contributed by atoms with Crippen LogP contribution in [0.2, 0.25) is 0 Å². The molecule has 0 saturated heterocycles. The van der Waals surface area contributed by atoms with Crippen molar-refractivity contribution in [3.63, 3.8) is 0 Å². The molecule has 0 spiro atoms. The van der Waals surface area contributed by atoms with Gasteiger partial charge in [-0.2, -0.15) is 5.26 Å². The first-order chi connectivity index (χ1) is 6.31. The fourth-order valence-electron chi connectivity index (χ4n) is 1.18. The Labute approximate surface area is 80.9 Å². The van der Waals surface area contributed by atoms with Gasteiger partial charge < -0.3 is 5.11 Å². The van der Waals surface area contributed by atoms with E-state index in [1.807, 2.05) is 13.0 Å². The average Bonchev–Trinajstić information content (AvgIpc) is 2.16. The van der Waals surface area contributed by atoms with E-state index in [1.165, 1.54) is 12.8 Å². The van der Waals surface area contributed by atoms with E-state index in [1.54, 1.807) is 0 Å². The Morgan fingerprint density at radius 3 is 2.62 bits per heavy atom. The zero-order valence-electron chi connectivity index (χ0n) is 8.37. The number of nitriles is 1. The minimum absolute atomic E-state index is 0.625. The highest BCUT2D eigenvalue weighted by atomic mass is 16.3. The minimum atomic E-state index is -0.754. The van der Waals surface area contributed by atoms with Crippen LogP contribution in [-0.2, 0) is 0 Å². The molecule has 0 aromatic rings. The number of hydrogen-bond acceptors (Lipinski definition) is 2. The maximum Gasteiger partial charge on any atom is 0.140 e. The fourth-order valence-corrected chi connectivity index (χ4v) is 1.18. The molecule has 1 N–H and O–H groups in total. The summed E-state index contributed by atoms with van der Waals surface area (Å²) in [5.74, 6) is 0. The van der Waals surface area contributed by atoms with Crippen LogP contribution in [0, 0.1) is 11.3 Å². The molecule has 13 heavy (non-hydrogen) atoms. The van der Waals surface area contributed by atoms with Gasteiger partial charge in [-0.05, 0) is 32.6 Å². The van der Waals surface area contributed by atoms with Crippen LogP contribution in [0.3, 0.4) is 0 Å². The molecule has 2 nitrogen and oxygen atoms in total. The van der Waals surface area contributed by atoms with E-state index in [4.69, 9.17) is 10.4 Å². The maximum atomic E-state index is 8.93. The number of hydrogen-bond donors (Lipinski definition) is 1. The van der Waals surface area contributed by atoms with Crippen LogP contribution in [0.25, 0.3) is 0 Å². The second-order valence-electron chi connectivity index (χ2n) is 3.21. The number of unbranched alkanes of at least 4 members (excludes halogenated alkanes) is 4. The van der Waals surface area contributed by atoms with Crippen molar-refractivity contribution in [1.82, 2.24) is 0 Å². The summed E-state index contributed by atoms with van der Waals surface area (Å²) >= 11 is 0. The highest BCUT2D eigenvalue weighted by Gasteiger charge is 1.99. The van der Waals surface area contributed by atoms with Crippen LogP contribution < -0.4 is 0 Å². The van der Waals surface area contributed by atoms with Crippen molar-refractivity contribution < 1.29 is 5.11 Å². The van der Waals surface area contributed by atoms with Gasteiger partial charge in [-0.1, -0.05) is 25.0 Å². The third-order valence-corrected chi connectivity index (χ3v) is 1.98. The number of aliphatic hydroxyl groups is 1. The fraction of sp³-hybridized carbons (Fsp3) is 0.727. The normalized spacial score (nSPS) is 13.0. The predicted octanol–water partition coefficient (Wildman–Crippen LogP) is 2.79. The van der Waals surface area contributed by atoms with E-state index in [0.717, 1.165) is 19.3 Å².